The number of anilines is 1. The van der Waals surface area contributed by atoms with Gasteiger partial charge in [-0.3, -0.25) is 0 Å². The van der Waals surface area contributed by atoms with Gasteiger partial charge in [0.05, 0.1) is 6.61 Å². The number of aliphatic hydroxyl groups is 1. The van der Waals surface area contributed by atoms with Crippen molar-refractivity contribution in [3.05, 3.63) is 24.3 Å². The second kappa shape index (κ2) is 3.79. The summed E-state index contributed by atoms with van der Waals surface area (Å²) in [6.45, 7) is 0.729. The van der Waals surface area contributed by atoms with Gasteiger partial charge >= 0.3 is 0 Å². The van der Waals surface area contributed by atoms with Gasteiger partial charge in [-0.05, 0) is 25.0 Å². The Morgan fingerprint density at radius 3 is 2.88 bits per heavy atom. The van der Waals surface area contributed by atoms with E-state index >= 15 is 0 Å². The van der Waals surface area contributed by atoms with E-state index in [2.05, 4.69) is 9.88 Å². The third kappa shape index (κ3) is 1.65. The lowest BCUT2D eigenvalue weighted by Gasteiger charge is -2.18. The predicted octanol–water partition coefficient (Wildman–Crippen LogP) is 1.79. The van der Waals surface area contributed by atoms with Gasteiger partial charge in [0.15, 0.2) is 5.58 Å². The van der Waals surface area contributed by atoms with Gasteiger partial charge in [-0.15, -0.1) is 0 Å². The van der Waals surface area contributed by atoms with Crippen LogP contribution in [0.3, 0.4) is 0 Å². The molecule has 1 saturated carbocycles. The van der Waals surface area contributed by atoms with Crippen LogP contribution in [0.5, 0.6) is 0 Å². The Morgan fingerprint density at radius 1 is 1.38 bits per heavy atom. The minimum Gasteiger partial charge on any atom is -0.423 e. The molecule has 0 amide bonds. The second-order valence-corrected chi connectivity index (χ2v) is 4.11. The van der Waals surface area contributed by atoms with Crippen LogP contribution < -0.4 is 4.90 Å². The third-order valence-corrected chi connectivity index (χ3v) is 2.86. The Balaban J connectivity index is 1.96. The number of benzene rings is 1. The number of hydrogen-bond acceptors (Lipinski definition) is 4. The van der Waals surface area contributed by atoms with Gasteiger partial charge in [-0.25, -0.2) is 0 Å². The minimum atomic E-state index is 0.134. The topological polar surface area (TPSA) is 49.5 Å². The summed E-state index contributed by atoms with van der Waals surface area (Å²) in [7, 11) is 0. The van der Waals surface area contributed by atoms with Gasteiger partial charge in [0.1, 0.15) is 5.52 Å². The van der Waals surface area contributed by atoms with Crippen molar-refractivity contribution in [2.75, 3.05) is 18.1 Å². The molecule has 16 heavy (non-hydrogen) atoms. The highest BCUT2D eigenvalue weighted by Gasteiger charge is 2.31. The van der Waals surface area contributed by atoms with Crippen molar-refractivity contribution in [2.24, 2.45) is 0 Å². The molecule has 0 spiro atoms. The number of oxazole rings is 1. The van der Waals surface area contributed by atoms with Gasteiger partial charge in [-0.2, -0.15) is 4.98 Å². The zero-order valence-corrected chi connectivity index (χ0v) is 8.97. The molecule has 1 aliphatic rings. The lowest BCUT2D eigenvalue weighted by atomic mass is 10.3. The quantitative estimate of drug-likeness (QED) is 0.850. The Kier molecular flexibility index (Phi) is 2.29. The summed E-state index contributed by atoms with van der Waals surface area (Å²) in [5.74, 6) is 0. The fourth-order valence-corrected chi connectivity index (χ4v) is 1.91. The SMILES string of the molecule is OCCN(c1nc2ccccc2o1)C1CC1. The van der Waals surface area contributed by atoms with E-state index in [9.17, 15) is 0 Å². The summed E-state index contributed by atoms with van der Waals surface area (Å²) in [6.07, 6.45) is 2.33. The first-order valence-electron chi connectivity index (χ1n) is 5.61. The molecule has 84 valence electrons. The van der Waals surface area contributed by atoms with Gasteiger partial charge in [0.25, 0.3) is 6.01 Å². The normalized spacial score (nSPS) is 15.6. The van der Waals surface area contributed by atoms with E-state index in [-0.39, 0.29) is 6.61 Å². The molecular weight excluding hydrogens is 204 g/mol. The van der Waals surface area contributed by atoms with E-state index < -0.39 is 0 Å². The molecule has 0 bridgehead atoms. The Morgan fingerprint density at radius 2 is 2.19 bits per heavy atom. The fourth-order valence-electron chi connectivity index (χ4n) is 1.91. The third-order valence-electron chi connectivity index (χ3n) is 2.86. The Hall–Kier alpha value is -1.55. The number of rotatable bonds is 4. The first kappa shape index (κ1) is 9.66. The highest BCUT2D eigenvalue weighted by Crippen LogP contribution is 2.32. The van der Waals surface area contributed by atoms with E-state index in [1.165, 1.54) is 12.8 Å². The average molecular weight is 218 g/mol. The van der Waals surface area contributed by atoms with E-state index in [4.69, 9.17) is 9.52 Å². The van der Waals surface area contributed by atoms with Crippen LogP contribution in [-0.2, 0) is 0 Å². The standard InChI is InChI=1S/C12H14N2O2/c15-8-7-14(9-5-6-9)12-13-10-3-1-2-4-11(10)16-12/h1-4,9,15H,5-8H2. The average Bonchev–Trinajstić information content (AvgIpc) is 3.04. The monoisotopic (exact) mass is 218 g/mol. The maximum atomic E-state index is 9.04. The van der Waals surface area contributed by atoms with Crippen molar-refractivity contribution in [1.29, 1.82) is 0 Å². The molecule has 1 aromatic carbocycles. The van der Waals surface area contributed by atoms with E-state index in [1.54, 1.807) is 0 Å². The molecule has 3 rings (SSSR count). The summed E-state index contributed by atoms with van der Waals surface area (Å²) >= 11 is 0. The van der Waals surface area contributed by atoms with Crippen LogP contribution in [0.4, 0.5) is 6.01 Å². The molecule has 0 saturated heterocycles. The number of hydrogen-bond donors (Lipinski definition) is 1. The molecule has 1 aromatic heterocycles. The molecule has 4 heteroatoms. The predicted molar refractivity (Wildman–Crippen MR) is 61.5 cm³/mol. The number of para-hydroxylation sites is 2. The smallest absolute Gasteiger partial charge is 0.298 e. The van der Waals surface area contributed by atoms with Crippen LogP contribution >= 0.6 is 0 Å². The van der Waals surface area contributed by atoms with Crippen LogP contribution in [0.25, 0.3) is 11.1 Å². The second-order valence-electron chi connectivity index (χ2n) is 4.11. The lowest BCUT2D eigenvalue weighted by molar-refractivity contribution is 0.298. The fraction of sp³-hybridized carbons (Fsp3) is 0.417. The number of fused-ring (bicyclic) bond motifs is 1. The zero-order chi connectivity index (χ0) is 11.0. The highest BCUT2D eigenvalue weighted by molar-refractivity contribution is 5.74. The Labute approximate surface area is 93.5 Å². The van der Waals surface area contributed by atoms with E-state index in [1.807, 2.05) is 24.3 Å². The molecule has 1 N–H and O–H groups in total. The number of aliphatic hydroxyl groups excluding tert-OH is 1. The molecule has 0 radical (unpaired) electrons. The largest absolute Gasteiger partial charge is 0.423 e. The van der Waals surface area contributed by atoms with E-state index in [0.717, 1.165) is 11.1 Å². The van der Waals surface area contributed by atoms with Gasteiger partial charge < -0.3 is 14.4 Å². The van der Waals surface area contributed by atoms with E-state index in [0.29, 0.717) is 18.6 Å². The van der Waals surface area contributed by atoms with Crippen molar-refractivity contribution in [2.45, 2.75) is 18.9 Å². The summed E-state index contributed by atoms with van der Waals surface area (Å²) in [5.41, 5.74) is 1.68. The number of nitrogens with zero attached hydrogens (tertiary/aromatic N) is 2. The van der Waals surface area contributed by atoms with Crippen LogP contribution in [0.2, 0.25) is 0 Å². The highest BCUT2D eigenvalue weighted by atomic mass is 16.4. The van der Waals surface area contributed by atoms with Crippen molar-refractivity contribution in [3.8, 4) is 0 Å². The van der Waals surface area contributed by atoms with Gasteiger partial charge in [0.2, 0.25) is 0 Å². The Bertz CT molecular complexity index is 457. The summed E-state index contributed by atoms with van der Waals surface area (Å²) in [4.78, 5) is 6.50. The minimum absolute atomic E-state index is 0.134. The maximum absolute atomic E-state index is 9.04. The van der Waals surface area contributed by atoms with Crippen molar-refractivity contribution in [1.82, 2.24) is 4.98 Å². The van der Waals surface area contributed by atoms with Crippen LogP contribution in [0.1, 0.15) is 12.8 Å². The number of aromatic nitrogens is 1. The maximum Gasteiger partial charge on any atom is 0.298 e. The van der Waals surface area contributed by atoms with Gasteiger partial charge in [-0.1, -0.05) is 12.1 Å². The molecule has 0 aliphatic heterocycles. The molecule has 1 fully saturated rings. The van der Waals surface area contributed by atoms with Crippen LogP contribution in [-0.4, -0.2) is 29.3 Å². The molecule has 2 aromatic rings. The molecule has 1 aliphatic carbocycles. The first-order valence-corrected chi connectivity index (χ1v) is 5.61. The van der Waals surface area contributed by atoms with Gasteiger partial charge in [0, 0.05) is 12.6 Å². The van der Waals surface area contributed by atoms with Crippen LogP contribution in [0.15, 0.2) is 28.7 Å². The molecule has 0 unspecified atom stereocenters. The molecule has 4 nitrogen and oxygen atoms in total. The molecule has 0 atom stereocenters. The van der Waals surface area contributed by atoms with Crippen LogP contribution in [0, 0.1) is 0 Å². The summed E-state index contributed by atoms with van der Waals surface area (Å²) in [6, 6.07) is 8.87. The lowest BCUT2D eigenvalue weighted by Crippen LogP contribution is -2.29. The van der Waals surface area contributed by atoms with Crippen molar-refractivity contribution in [3.63, 3.8) is 0 Å². The summed E-state index contributed by atoms with van der Waals surface area (Å²) in [5, 5.41) is 9.04. The molecule has 1 heterocycles. The molecular formula is C12H14N2O2. The first-order chi connectivity index (χ1) is 7.88. The van der Waals surface area contributed by atoms with Crippen molar-refractivity contribution >= 4 is 17.1 Å². The summed E-state index contributed by atoms with van der Waals surface area (Å²) < 4.78 is 5.69. The zero-order valence-electron chi connectivity index (χ0n) is 8.97. The van der Waals surface area contributed by atoms with Crippen molar-refractivity contribution < 1.29 is 9.52 Å².